The van der Waals surface area contributed by atoms with Gasteiger partial charge in [0.1, 0.15) is 0 Å². The first-order valence-corrected chi connectivity index (χ1v) is 7.59. The van der Waals surface area contributed by atoms with Gasteiger partial charge in [-0.3, -0.25) is 0 Å². The number of fused-ring (bicyclic) bond motifs is 2. The maximum absolute atomic E-state index is 3.79. The Hall–Kier alpha value is -0.520. The average Bonchev–Trinajstić information content (AvgIpc) is 2.33. The van der Waals surface area contributed by atoms with Gasteiger partial charge in [-0.15, -0.1) is 11.8 Å². The third kappa shape index (κ3) is 3.28. The minimum atomic E-state index is 0.708. The zero-order valence-corrected chi connectivity index (χ0v) is 12.2. The molecule has 2 aliphatic rings. The van der Waals surface area contributed by atoms with E-state index >= 15 is 0 Å². The number of hydrogen-bond donors (Lipinski definition) is 1. The van der Waals surface area contributed by atoms with Crippen molar-refractivity contribution in [3.63, 3.8) is 0 Å². The van der Waals surface area contributed by atoms with E-state index in [1.165, 1.54) is 32.4 Å². The van der Waals surface area contributed by atoms with Crippen LogP contribution in [-0.2, 0) is 0 Å². The molecule has 2 bridgehead atoms. The zero-order chi connectivity index (χ0) is 13.0. The molecule has 0 amide bonds. The van der Waals surface area contributed by atoms with Gasteiger partial charge in [-0.1, -0.05) is 6.42 Å². The Morgan fingerprint density at radius 3 is 2.44 bits per heavy atom. The third-order valence-corrected chi connectivity index (χ3v) is 4.64. The molecule has 2 rings (SSSR count). The Bertz CT molecular complexity index is 299. The predicted molar refractivity (Wildman–Crippen MR) is 77.4 cm³/mol. The van der Waals surface area contributed by atoms with Gasteiger partial charge in [0.2, 0.25) is 0 Å². The molecule has 0 aromatic rings. The molecule has 2 fully saturated rings. The van der Waals surface area contributed by atoms with Crippen molar-refractivity contribution in [3.05, 3.63) is 0 Å². The van der Waals surface area contributed by atoms with Gasteiger partial charge in [-0.25, -0.2) is 0 Å². The molecule has 18 heavy (non-hydrogen) atoms. The summed E-state index contributed by atoms with van der Waals surface area (Å²) in [5.74, 6) is 7.88. The summed E-state index contributed by atoms with van der Waals surface area (Å²) in [6.45, 7) is 10.3. The maximum atomic E-state index is 3.79. The standard InChI is InChI=1S/C16H28N2/c1-4-5-6-10-17-16-14-8-7-9-15(16)12-18(11-14)13(2)3/h13-17H,6-12H2,1-3H3. The van der Waals surface area contributed by atoms with Gasteiger partial charge in [0.25, 0.3) is 0 Å². The van der Waals surface area contributed by atoms with Gasteiger partial charge in [-0.2, -0.15) is 0 Å². The second-order valence-corrected chi connectivity index (χ2v) is 6.16. The molecule has 0 radical (unpaired) electrons. The summed E-state index contributed by atoms with van der Waals surface area (Å²) in [4.78, 5) is 2.68. The van der Waals surface area contributed by atoms with Crippen LogP contribution in [0.4, 0.5) is 0 Å². The monoisotopic (exact) mass is 248 g/mol. The number of rotatable bonds is 4. The molecule has 1 saturated heterocycles. The SMILES string of the molecule is CC#CCCNC1C2CCCC1CN(C(C)C)C2. The van der Waals surface area contributed by atoms with E-state index in [1.807, 2.05) is 6.92 Å². The highest BCUT2D eigenvalue weighted by Gasteiger charge is 2.39. The van der Waals surface area contributed by atoms with Gasteiger partial charge in [0.15, 0.2) is 0 Å². The van der Waals surface area contributed by atoms with Crippen LogP contribution in [0.25, 0.3) is 0 Å². The Kier molecular flexibility index (Phi) is 5.09. The Balaban J connectivity index is 1.89. The lowest BCUT2D eigenvalue weighted by Gasteiger charge is -2.49. The summed E-state index contributed by atoms with van der Waals surface area (Å²) >= 11 is 0. The van der Waals surface area contributed by atoms with Crippen molar-refractivity contribution in [2.45, 2.75) is 58.5 Å². The first-order chi connectivity index (χ1) is 8.72. The molecule has 1 aliphatic carbocycles. The molecule has 2 nitrogen and oxygen atoms in total. The van der Waals surface area contributed by atoms with Crippen molar-refractivity contribution < 1.29 is 0 Å². The van der Waals surface area contributed by atoms with Crippen molar-refractivity contribution in [2.24, 2.45) is 11.8 Å². The normalized spacial score (nSPS) is 32.1. The van der Waals surface area contributed by atoms with E-state index in [0.717, 1.165) is 30.8 Å². The zero-order valence-electron chi connectivity index (χ0n) is 12.2. The van der Waals surface area contributed by atoms with Crippen LogP contribution in [0, 0.1) is 23.7 Å². The molecule has 0 aromatic heterocycles. The fraction of sp³-hybridized carbons (Fsp3) is 0.875. The molecule has 1 heterocycles. The van der Waals surface area contributed by atoms with Crippen LogP contribution in [0.1, 0.15) is 46.5 Å². The summed E-state index contributed by atoms with van der Waals surface area (Å²) in [5.41, 5.74) is 0. The molecule has 1 N–H and O–H groups in total. The van der Waals surface area contributed by atoms with E-state index in [-0.39, 0.29) is 0 Å². The van der Waals surface area contributed by atoms with Crippen molar-refractivity contribution in [1.29, 1.82) is 0 Å². The van der Waals surface area contributed by atoms with Crippen molar-refractivity contribution in [1.82, 2.24) is 10.2 Å². The molecule has 2 unspecified atom stereocenters. The van der Waals surface area contributed by atoms with Crippen molar-refractivity contribution >= 4 is 0 Å². The number of nitrogens with one attached hydrogen (secondary N) is 1. The van der Waals surface area contributed by atoms with Crippen LogP contribution in [0.15, 0.2) is 0 Å². The van der Waals surface area contributed by atoms with Crippen LogP contribution in [0.5, 0.6) is 0 Å². The fourth-order valence-corrected chi connectivity index (χ4v) is 3.65. The maximum Gasteiger partial charge on any atom is 0.0214 e. The molecule has 2 atom stereocenters. The van der Waals surface area contributed by atoms with E-state index in [4.69, 9.17) is 0 Å². The molecule has 0 aromatic carbocycles. The molecular weight excluding hydrogens is 220 g/mol. The van der Waals surface area contributed by atoms with Crippen LogP contribution in [0.3, 0.4) is 0 Å². The van der Waals surface area contributed by atoms with E-state index in [0.29, 0.717) is 6.04 Å². The Labute approximate surface area is 113 Å². The van der Waals surface area contributed by atoms with Crippen LogP contribution in [-0.4, -0.2) is 36.6 Å². The lowest BCUT2D eigenvalue weighted by atomic mass is 9.73. The predicted octanol–water partition coefficient (Wildman–Crippen LogP) is 2.50. The molecule has 2 heteroatoms. The summed E-state index contributed by atoms with van der Waals surface area (Å²) in [6.07, 6.45) is 5.27. The van der Waals surface area contributed by atoms with E-state index < -0.39 is 0 Å². The first kappa shape index (κ1) is 13.9. The second kappa shape index (κ2) is 6.59. The number of nitrogens with zero attached hydrogens (tertiary/aromatic N) is 1. The van der Waals surface area contributed by atoms with Gasteiger partial charge >= 0.3 is 0 Å². The minimum Gasteiger partial charge on any atom is -0.312 e. The van der Waals surface area contributed by atoms with Gasteiger partial charge in [-0.05, 0) is 45.4 Å². The third-order valence-electron chi connectivity index (χ3n) is 4.64. The molecule has 1 aliphatic heterocycles. The Morgan fingerprint density at radius 1 is 1.22 bits per heavy atom. The van der Waals surface area contributed by atoms with E-state index in [9.17, 15) is 0 Å². The molecule has 102 valence electrons. The number of hydrogen-bond acceptors (Lipinski definition) is 2. The highest BCUT2D eigenvalue weighted by atomic mass is 15.2. The first-order valence-electron chi connectivity index (χ1n) is 7.59. The summed E-state index contributed by atoms with van der Waals surface area (Å²) in [6, 6.07) is 1.47. The van der Waals surface area contributed by atoms with Crippen LogP contribution >= 0.6 is 0 Å². The summed E-state index contributed by atoms with van der Waals surface area (Å²) < 4.78 is 0. The average molecular weight is 248 g/mol. The molecule has 0 spiro atoms. The smallest absolute Gasteiger partial charge is 0.0214 e. The number of piperidine rings is 1. The van der Waals surface area contributed by atoms with E-state index in [2.05, 4.69) is 35.9 Å². The van der Waals surface area contributed by atoms with Crippen molar-refractivity contribution in [2.75, 3.05) is 19.6 Å². The highest BCUT2D eigenvalue weighted by Crippen LogP contribution is 2.35. The van der Waals surface area contributed by atoms with Crippen molar-refractivity contribution in [3.8, 4) is 11.8 Å². The fourth-order valence-electron chi connectivity index (χ4n) is 3.65. The minimum absolute atomic E-state index is 0.708. The van der Waals surface area contributed by atoms with Gasteiger partial charge in [0.05, 0.1) is 0 Å². The number of likely N-dealkylation sites (tertiary alicyclic amines) is 1. The van der Waals surface area contributed by atoms with Crippen LogP contribution < -0.4 is 5.32 Å². The summed E-state index contributed by atoms with van der Waals surface area (Å²) in [5, 5.41) is 3.79. The lowest BCUT2D eigenvalue weighted by Crippen LogP contribution is -2.58. The summed E-state index contributed by atoms with van der Waals surface area (Å²) in [7, 11) is 0. The quantitative estimate of drug-likeness (QED) is 0.607. The topological polar surface area (TPSA) is 15.3 Å². The Morgan fingerprint density at radius 2 is 1.89 bits per heavy atom. The highest BCUT2D eigenvalue weighted by molar-refractivity contribution is 4.98. The van der Waals surface area contributed by atoms with Gasteiger partial charge < -0.3 is 10.2 Å². The second-order valence-electron chi connectivity index (χ2n) is 6.16. The largest absolute Gasteiger partial charge is 0.312 e. The van der Waals surface area contributed by atoms with Crippen LogP contribution in [0.2, 0.25) is 0 Å². The lowest BCUT2D eigenvalue weighted by molar-refractivity contribution is 0.0301. The molecule has 1 saturated carbocycles. The van der Waals surface area contributed by atoms with E-state index in [1.54, 1.807) is 0 Å². The molecular formula is C16H28N2. The van der Waals surface area contributed by atoms with Gasteiger partial charge in [0, 0.05) is 38.1 Å².